The van der Waals surface area contributed by atoms with Gasteiger partial charge in [-0.15, -0.1) is 0 Å². The van der Waals surface area contributed by atoms with E-state index < -0.39 is 17.4 Å². The van der Waals surface area contributed by atoms with Crippen LogP contribution < -0.4 is 5.73 Å². The van der Waals surface area contributed by atoms with Gasteiger partial charge in [0.2, 0.25) is 0 Å². The normalized spacial score (nSPS) is 12.9. The zero-order valence-electron chi connectivity index (χ0n) is 7.22. The molecule has 0 heterocycles. The van der Waals surface area contributed by atoms with Crippen molar-refractivity contribution < 1.29 is 13.9 Å². The van der Waals surface area contributed by atoms with E-state index in [1.165, 1.54) is 0 Å². The molecule has 0 aliphatic rings. The molecule has 0 saturated carbocycles. The highest BCUT2D eigenvalue weighted by atomic mass is 19.2. The fraction of sp³-hybridized carbons (Fsp3) is 0.333. The fourth-order valence-electron chi connectivity index (χ4n) is 1.04. The molecule has 0 radical (unpaired) electrons. The van der Waals surface area contributed by atoms with E-state index in [-0.39, 0.29) is 6.04 Å². The molecule has 0 spiro atoms. The number of halogens is 2. The molecule has 0 aliphatic carbocycles. The van der Waals surface area contributed by atoms with Gasteiger partial charge in [-0.25, -0.2) is 4.39 Å². The Hall–Kier alpha value is -1.16. The Morgan fingerprint density at radius 2 is 2.08 bits per heavy atom. The summed E-state index contributed by atoms with van der Waals surface area (Å²) in [5.41, 5.74) is 5.98. The summed E-state index contributed by atoms with van der Waals surface area (Å²) in [5, 5.41) is 8.95. The van der Waals surface area contributed by atoms with Crippen LogP contribution >= 0.6 is 0 Å². The number of rotatable bonds is 2. The van der Waals surface area contributed by atoms with Crippen LogP contribution in [-0.2, 0) is 0 Å². The van der Waals surface area contributed by atoms with Crippen molar-refractivity contribution in [2.75, 3.05) is 0 Å². The minimum atomic E-state index is -1.23. The lowest BCUT2D eigenvalue weighted by Gasteiger charge is -2.09. The Bertz CT molecular complexity index is 291. The average Bonchev–Trinajstić information content (AvgIpc) is 2.12. The first kappa shape index (κ1) is 9.92. The highest BCUT2D eigenvalue weighted by Crippen LogP contribution is 2.24. The lowest BCUT2D eigenvalue weighted by Crippen LogP contribution is -2.09. The van der Waals surface area contributed by atoms with Crippen molar-refractivity contribution >= 4 is 0 Å². The maximum absolute atomic E-state index is 12.7. The van der Waals surface area contributed by atoms with Crippen LogP contribution in [0.5, 0.6) is 5.75 Å². The molecule has 1 rings (SSSR count). The molecule has 0 saturated heterocycles. The summed E-state index contributed by atoms with van der Waals surface area (Å²) in [7, 11) is 0. The van der Waals surface area contributed by atoms with Gasteiger partial charge in [0.15, 0.2) is 17.4 Å². The summed E-state index contributed by atoms with van der Waals surface area (Å²) < 4.78 is 25.4. The Morgan fingerprint density at radius 3 is 2.54 bits per heavy atom. The molecule has 1 atom stereocenters. The van der Waals surface area contributed by atoms with Crippen molar-refractivity contribution in [2.24, 2.45) is 5.73 Å². The van der Waals surface area contributed by atoms with Crippen LogP contribution in [0.3, 0.4) is 0 Å². The van der Waals surface area contributed by atoms with Crippen molar-refractivity contribution in [1.82, 2.24) is 0 Å². The molecule has 0 fully saturated rings. The minimum absolute atomic E-state index is 0.374. The van der Waals surface area contributed by atoms with Gasteiger partial charge in [-0.1, -0.05) is 6.92 Å². The first-order chi connectivity index (χ1) is 6.06. The molecule has 0 unspecified atom stereocenters. The number of phenols is 1. The molecule has 2 nitrogen and oxygen atoms in total. The third-order valence-corrected chi connectivity index (χ3v) is 1.90. The second-order valence-electron chi connectivity index (χ2n) is 2.85. The molecule has 0 aromatic heterocycles. The van der Waals surface area contributed by atoms with Gasteiger partial charge in [0.05, 0.1) is 0 Å². The predicted molar refractivity (Wildman–Crippen MR) is 45.2 cm³/mol. The predicted octanol–water partition coefficient (Wildman–Crippen LogP) is 2.08. The summed E-state index contributed by atoms with van der Waals surface area (Å²) in [4.78, 5) is 0. The Kier molecular flexibility index (Phi) is 2.83. The summed E-state index contributed by atoms with van der Waals surface area (Å²) in [5.74, 6) is -3.00. The van der Waals surface area contributed by atoms with E-state index >= 15 is 0 Å². The topological polar surface area (TPSA) is 46.2 Å². The van der Waals surface area contributed by atoms with Crippen LogP contribution in [0.2, 0.25) is 0 Å². The number of hydrogen-bond acceptors (Lipinski definition) is 2. The van der Waals surface area contributed by atoms with Gasteiger partial charge in [0.25, 0.3) is 0 Å². The zero-order chi connectivity index (χ0) is 10.0. The Morgan fingerprint density at radius 1 is 1.46 bits per heavy atom. The number of aromatic hydroxyl groups is 1. The molecular formula is C9H11F2NO. The quantitative estimate of drug-likeness (QED) is 0.744. The first-order valence-electron chi connectivity index (χ1n) is 3.99. The smallest absolute Gasteiger partial charge is 0.200 e. The zero-order valence-corrected chi connectivity index (χ0v) is 7.22. The van der Waals surface area contributed by atoms with Crippen LogP contribution in [0.15, 0.2) is 12.1 Å². The van der Waals surface area contributed by atoms with E-state index in [9.17, 15) is 8.78 Å². The van der Waals surface area contributed by atoms with Gasteiger partial charge in [0.1, 0.15) is 0 Å². The monoisotopic (exact) mass is 187 g/mol. The van der Waals surface area contributed by atoms with E-state index in [0.29, 0.717) is 12.0 Å². The van der Waals surface area contributed by atoms with Gasteiger partial charge in [-0.2, -0.15) is 4.39 Å². The fourth-order valence-corrected chi connectivity index (χ4v) is 1.04. The lowest BCUT2D eigenvalue weighted by molar-refractivity contribution is 0.404. The molecular weight excluding hydrogens is 176 g/mol. The molecule has 0 amide bonds. The van der Waals surface area contributed by atoms with E-state index in [1.807, 2.05) is 6.92 Å². The van der Waals surface area contributed by atoms with Gasteiger partial charge >= 0.3 is 0 Å². The van der Waals surface area contributed by atoms with Crippen molar-refractivity contribution in [2.45, 2.75) is 19.4 Å². The van der Waals surface area contributed by atoms with Crippen LogP contribution in [0.4, 0.5) is 8.78 Å². The van der Waals surface area contributed by atoms with Gasteiger partial charge in [0, 0.05) is 6.04 Å². The third-order valence-electron chi connectivity index (χ3n) is 1.90. The molecule has 1 aromatic carbocycles. The molecule has 0 aliphatic heterocycles. The number of phenolic OH excluding ortho intramolecular Hbond substituents is 1. The second-order valence-corrected chi connectivity index (χ2v) is 2.85. The van der Waals surface area contributed by atoms with E-state index in [2.05, 4.69) is 0 Å². The van der Waals surface area contributed by atoms with E-state index in [4.69, 9.17) is 10.8 Å². The number of nitrogens with two attached hydrogens (primary N) is 1. The van der Waals surface area contributed by atoms with E-state index in [1.54, 1.807) is 0 Å². The molecule has 0 bridgehead atoms. The number of benzene rings is 1. The van der Waals surface area contributed by atoms with Gasteiger partial charge in [-0.3, -0.25) is 0 Å². The standard InChI is InChI=1S/C9H11F2NO/c1-2-7(12)5-3-6(10)9(11)8(13)4-5/h3-4,7,13H,2,12H2,1H3/t7-/m0/s1. The molecule has 13 heavy (non-hydrogen) atoms. The summed E-state index contributed by atoms with van der Waals surface area (Å²) in [6.07, 6.45) is 0.602. The second kappa shape index (κ2) is 3.70. The maximum atomic E-state index is 12.7. The maximum Gasteiger partial charge on any atom is 0.200 e. The highest BCUT2D eigenvalue weighted by molar-refractivity contribution is 5.31. The SMILES string of the molecule is CC[C@H](N)c1cc(O)c(F)c(F)c1. The van der Waals surface area contributed by atoms with E-state index in [0.717, 1.165) is 12.1 Å². The highest BCUT2D eigenvalue weighted by Gasteiger charge is 2.12. The Labute approximate surface area is 75.0 Å². The molecule has 3 N–H and O–H groups in total. The van der Waals surface area contributed by atoms with Crippen LogP contribution in [0.25, 0.3) is 0 Å². The summed E-state index contributed by atoms with van der Waals surface area (Å²) in [6.45, 7) is 1.82. The lowest BCUT2D eigenvalue weighted by atomic mass is 10.1. The minimum Gasteiger partial charge on any atom is -0.505 e. The van der Waals surface area contributed by atoms with Crippen molar-refractivity contribution in [1.29, 1.82) is 0 Å². The average molecular weight is 187 g/mol. The van der Waals surface area contributed by atoms with Crippen molar-refractivity contribution in [3.63, 3.8) is 0 Å². The van der Waals surface area contributed by atoms with Crippen molar-refractivity contribution in [3.05, 3.63) is 29.3 Å². The van der Waals surface area contributed by atoms with Crippen LogP contribution in [0.1, 0.15) is 24.9 Å². The molecule has 1 aromatic rings. The summed E-state index contributed by atoms with van der Waals surface area (Å²) in [6, 6.07) is 1.77. The van der Waals surface area contributed by atoms with Crippen LogP contribution in [-0.4, -0.2) is 5.11 Å². The molecule has 72 valence electrons. The number of hydrogen-bond donors (Lipinski definition) is 2. The van der Waals surface area contributed by atoms with Crippen LogP contribution in [0, 0.1) is 11.6 Å². The summed E-state index contributed by atoms with van der Waals surface area (Å²) >= 11 is 0. The molecule has 4 heteroatoms. The third kappa shape index (κ3) is 1.95. The van der Waals surface area contributed by atoms with Crippen molar-refractivity contribution in [3.8, 4) is 5.75 Å². The largest absolute Gasteiger partial charge is 0.505 e. The first-order valence-corrected chi connectivity index (χ1v) is 3.99. The van der Waals surface area contributed by atoms with Gasteiger partial charge in [-0.05, 0) is 24.1 Å². The van der Waals surface area contributed by atoms with Gasteiger partial charge < -0.3 is 10.8 Å². The Balaban J connectivity index is 3.13.